The highest BCUT2D eigenvalue weighted by Crippen LogP contribution is 2.18. The van der Waals surface area contributed by atoms with Crippen molar-refractivity contribution >= 4 is 0 Å². The first-order valence-corrected chi connectivity index (χ1v) is 7.01. The number of hydrogen-bond donors (Lipinski definition) is 0. The SMILES string of the molecule is CCN1CCC(N(C)Cc2cccnc2C#N)CC1. The van der Waals surface area contributed by atoms with Gasteiger partial charge in [0.15, 0.2) is 0 Å². The summed E-state index contributed by atoms with van der Waals surface area (Å²) in [5.41, 5.74) is 1.59. The third-order valence-corrected chi connectivity index (χ3v) is 4.04. The Labute approximate surface area is 115 Å². The van der Waals surface area contributed by atoms with Gasteiger partial charge in [-0.15, -0.1) is 0 Å². The first-order valence-electron chi connectivity index (χ1n) is 7.01. The lowest BCUT2D eigenvalue weighted by Gasteiger charge is -2.36. The van der Waals surface area contributed by atoms with Crippen molar-refractivity contribution in [2.75, 3.05) is 26.7 Å². The third kappa shape index (κ3) is 3.52. The van der Waals surface area contributed by atoms with Gasteiger partial charge in [-0.1, -0.05) is 13.0 Å². The molecule has 1 aliphatic heterocycles. The number of aromatic nitrogens is 1. The Balaban J connectivity index is 1.94. The Hall–Kier alpha value is -1.44. The van der Waals surface area contributed by atoms with E-state index in [-0.39, 0.29) is 0 Å². The summed E-state index contributed by atoms with van der Waals surface area (Å²) in [7, 11) is 2.15. The molecule has 0 unspecified atom stereocenters. The minimum Gasteiger partial charge on any atom is -0.303 e. The Morgan fingerprint density at radius 2 is 2.21 bits per heavy atom. The predicted molar refractivity (Wildman–Crippen MR) is 75.6 cm³/mol. The van der Waals surface area contributed by atoms with Crippen LogP contribution in [0.15, 0.2) is 18.3 Å². The average Bonchev–Trinajstić information content (AvgIpc) is 2.48. The molecular formula is C15H22N4. The van der Waals surface area contributed by atoms with Gasteiger partial charge < -0.3 is 4.90 Å². The lowest BCUT2D eigenvalue weighted by atomic mass is 10.0. The lowest BCUT2D eigenvalue weighted by Crippen LogP contribution is -2.43. The molecule has 0 saturated carbocycles. The van der Waals surface area contributed by atoms with Crippen molar-refractivity contribution < 1.29 is 0 Å². The second kappa shape index (κ2) is 6.65. The number of nitrogens with zero attached hydrogens (tertiary/aromatic N) is 4. The van der Waals surface area contributed by atoms with Crippen molar-refractivity contribution in [2.45, 2.75) is 32.4 Å². The molecule has 2 heterocycles. The average molecular weight is 258 g/mol. The van der Waals surface area contributed by atoms with Crippen molar-refractivity contribution in [3.63, 3.8) is 0 Å². The molecule has 0 aromatic carbocycles. The summed E-state index contributed by atoms with van der Waals surface area (Å²) in [6.45, 7) is 6.55. The van der Waals surface area contributed by atoms with Gasteiger partial charge in [-0.3, -0.25) is 4.90 Å². The Bertz CT molecular complexity index is 444. The van der Waals surface area contributed by atoms with E-state index >= 15 is 0 Å². The maximum atomic E-state index is 9.07. The number of pyridine rings is 1. The van der Waals surface area contributed by atoms with Crippen LogP contribution in [0, 0.1) is 11.3 Å². The van der Waals surface area contributed by atoms with Crippen LogP contribution >= 0.6 is 0 Å². The smallest absolute Gasteiger partial charge is 0.144 e. The number of piperidine rings is 1. The first-order chi connectivity index (χ1) is 9.24. The zero-order valence-electron chi connectivity index (χ0n) is 11.8. The molecule has 0 spiro atoms. The van der Waals surface area contributed by atoms with E-state index in [4.69, 9.17) is 5.26 Å². The van der Waals surface area contributed by atoms with E-state index in [1.165, 1.54) is 25.9 Å². The molecule has 1 aromatic rings. The van der Waals surface area contributed by atoms with Crippen LogP contribution < -0.4 is 0 Å². The van der Waals surface area contributed by atoms with Crippen molar-refractivity contribution in [1.29, 1.82) is 5.26 Å². The van der Waals surface area contributed by atoms with Crippen LogP contribution in [-0.4, -0.2) is 47.5 Å². The number of likely N-dealkylation sites (tertiary alicyclic amines) is 1. The molecule has 0 atom stereocenters. The highest BCUT2D eigenvalue weighted by molar-refractivity contribution is 5.30. The molecule has 4 nitrogen and oxygen atoms in total. The van der Waals surface area contributed by atoms with Crippen LogP contribution in [-0.2, 0) is 6.54 Å². The summed E-state index contributed by atoms with van der Waals surface area (Å²) >= 11 is 0. The maximum Gasteiger partial charge on any atom is 0.144 e. The highest BCUT2D eigenvalue weighted by Gasteiger charge is 2.22. The fraction of sp³-hybridized carbons (Fsp3) is 0.600. The molecule has 0 N–H and O–H groups in total. The van der Waals surface area contributed by atoms with Crippen molar-refractivity contribution in [3.05, 3.63) is 29.6 Å². The lowest BCUT2D eigenvalue weighted by molar-refractivity contribution is 0.127. The number of rotatable bonds is 4. The second-order valence-electron chi connectivity index (χ2n) is 5.20. The molecule has 0 aliphatic carbocycles. The molecule has 1 aliphatic rings. The molecule has 0 bridgehead atoms. The van der Waals surface area contributed by atoms with E-state index < -0.39 is 0 Å². The predicted octanol–water partition coefficient (Wildman–Crippen LogP) is 1.87. The van der Waals surface area contributed by atoms with E-state index in [2.05, 4.69) is 34.8 Å². The van der Waals surface area contributed by atoms with Gasteiger partial charge in [0.1, 0.15) is 11.8 Å². The summed E-state index contributed by atoms with van der Waals surface area (Å²) in [5.74, 6) is 0. The molecule has 0 radical (unpaired) electrons. The third-order valence-electron chi connectivity index (χ3n) is 4.04. The normalized spacial score (nSPS) is 17.6. The fourth-order valence-electron chi connectivity index (χ4n) is 2.74. The number of nitriles is 1. The fourth-order valence-corrected chi connectivity index (χ4v) is 2.74. The standard InChI is InChI=1S/C15H22N4/c1-3-19-9-6-14(7-10-19)18(2)12-13-5-4-8-17-15(13)11-16/h4-5,8,14H,3,6-7,9-10,12H2,1-2H3. The quantitative estimate of drug-likeness (QED) is 0.827. The van der Waals surface area contributed by atoms with E-state index in [0.717, 1.165) is 18.7 Å². The van der Waals surface area contributed by atoms with Crippen LogP contribution in [0.1, 0.15) is 31.0 Å². The number of hydrogen-bond acceptors (Lipinski definition) is 4. The van der Waals surface area contributed by atoms with E-state index in [1.54, 1.807) is 6.20 Å². The zero-order chi connectivity index (χ0) is 13.7. The highest BCUT2D eigenvalue weighted by atomic mass is 15.2. The van der Waals surface area contributed by atoms with E-state index in [0.29, 0.717) is 11.7 Å². The summed E-state index contributed by atoms with van der Waals surface area (Å²) in [6, 6.07) is 6.70. The molecule has 1 fully saturated rings. The van der Waals surface area contributed by atoms with Gasteiger partial charge in [0, 0.05) is 24.3 Å². The molecule has 2 rings (SSSR count). The largest absolute Gasteiger partial charge is 0.303 e. The molecule has 1 saturated heterocycles. The van der Waals surface area contributed by atoms with Crippen molar-refractivity contribution in [1.82, 2.24) is 14.8 Å². The second-order valence-corrected chi connectivity index (χ2v) is 5.20. The first kappa shape index (κ1) is 14.0. The van der Waals surface area contributed by atoms with Gasteiger partial charge in [0.2, 0.25) is 0 Å². The van der Waals surface area contributed by atoms with Crippen LogP contribution in [0.5, 0.6) is 0 Å². The van der Waals surface area contributed by atoms with Gasteiger partial charge >= 0.3 is 0 Å². The molecular weight excluding hydrogens is 236 g/mol. The minimum absolute atomic E-state index is 0.556. The van der Waals surface area contributed by atoms with Crippen LogP contribution in [0.3, 0.4) is 0 Å². The molecule has 4 heteroatoms. The molecule has 19 heavy (non-hydrogen) atoms. The summed E-state index contributed by atoms with van der Waals surface area (Å²) in [4.78, 5) is 8.99. The minimum atomic E-state index is 0.556. The summed E-state index contributed by atoms with van der Waals surface area (Å²) < 4.78 is 0. The van der Waals surface area contributed by atoms with Crippen molar-refractivity contribution in [3.8, 4) is 6.07 Å². The molecule has 0 amide bonds. The maximum absolute atomic E-state index is 9.07. The van der Waals surface area contributed by atoms with Gasteiger partial charge in [-0.2, -0.15) is 5.26 Å². The van der Waals surface area contributed by atoms with Gasteiger partial charge in [0.25, 0.3) is 0 Å². The topological polar surface area (TPSA) is 43.2 Å². The van der Waals surface area contributed by atoms with Gasteiger partial charge in [-0.25, -0.2) is 4.98 Å². The van der Waals surface area contributed by atoms with Crippen molar-refractivity contribution in [2.24, 2.45) is 0 Å². The monoisotopic (exact) mass is 258 g/mol. The molecule has 102 valence electrons. The Morgan fingerprint density at radius 3 is 2.84 bits per heavy atom. The summed E-state index contributed by atoms with van der Waals surface area (Å²) in [5, 5.41) is 9.07. The Kier molecular flexibility index (Phi) is 4.89. The van der Waals surface area contributed by atoms with Crippen LogP contribution in [0.25, 0.3) is 0 Å². The summed E-state index contributed by atoms with van der Waals surface area (Å²) in [6.07, 6.45) is 4.11. The van der Waals surface area contributed by atoms with Gasteiger partial charge in [-0.05, 0) is 45.6 Å². The molecule has 1 aromatic heterocycles. The van der Waals surface area contributed by atoms with Crippen LogP contribution in [0.2, 0.25) is 0 Å². The zero-order valence-corrected chi connectivity index (χ0v) is 11.8. The van der Waals surface area contributed by atoms with E-state index in [9.17, 15) is 0 Å². The van der Waals surface area contributed by atoms with Crippen LogP contribution in [0.4, 0.5) is 0 Å². The van der Waals surface area contributed by atoms with E-state index in [1.807, 2.05) is 12.1 Å². The Morgan fingerprint density at radius 1 is 1.47 bits per heavy atom. The van der Waals surface area contributed by atoms with Gasteiger partial charge in [0.05, 0.1) is 0 Å².